The maximum Gasteiger partial charge on any atom is 0.165 e. The third kappa shape index (κ3) is 3.65. The Morgan fingerprint density at radius 3 is 2.78 bits per heavy atom. The van der Waals surface area contributed by atoms with Gasteiger partial charge in [0.05, 0.1) is 12.7 Å². The summed E-state index contributed by atoms with van der Waals surface area (Å²) in [7, 11) is 0. The summed E-state index contributed by atoms with van der Waals surface area (Å²) >= 11 is 0. The maximum absolute atomic E-state index is 12.0. The van der Waals surface area contributed by atoms with Crippen LogP contribution >= 0.6 is 0 Å². The molecule has 0 aliphatic carbocycles. The Bertz CT molecular complexity index is 397. The fraction of sp³-hybridized carbons (Fsp3) is 0.533. The second kappa shape index (κ2) is 6.66. The first-order valence-corrected chi connectivity index (χ1v) is 6.68. The molecule has 1 N–H and O–H groups in total. The van der Waals surface area contributed by atoms with Crippen LogP contribution < -0.4 is 5.32 Å². The average molecular weight is 247 g/mol. The third-order valence-corrected chi connectivity index (χ3v) is 3.41. The topological polar surface area (TPSA) is 38.3 Å². The van der Waals surface area contributed by atoms with Crippen LogP contribution in [0.15, 0.2) is 24.3 Å². The number of carbonyl (C=O) groups is 1. The van der Waals surface area contributed by atoms with Crippen molar-refractivity contribution >= 4 is 5.78 Å². The normalized spacial score (nSPS) is 16.7. The molecule has 1 heterocycles. The van der Waals surface area contributed by atoms with Crippen LogP contribution in [-0.4, -0.2) is 31.6 Å². The maximum atomic E-state index is 12.0. The predicted molar refractivity (Wildman–Crippen MR) is 72.0 cm³/mol. The van der Waals surface area contributed by atoms with Gasteiger partial charge in [0.2, 0.25) is 0 Å². The lowest BCUT2D eigenvalue weighted by molar-refractivity contribution is 0.0313. The molecule has 1 aromatic carbocycles. The van der Waals surface area contributed by atoms with Gasteiger partial charge in [-0.1, -0.05) is 24.3 Å². The minimum absolute atomic E-state index is 0.182. The number of hydrogen-bond donors (Lipinski definition) is 1. The molecule has 0 aromatic heterocycles. The Balaban J connectivity index is 1.76. The lowest BCUT2D eigenvalue weighted by Gasteiger charge is -2.22. The summed E-state index contributed by atoms with van der Waals surface area (Å²) in [6, 6.07) is 7.73. The fourth-order valence-electron chi connectivity index (χ4n) is 2.30. The van der Waals surface area contributed by atoms with Crippen molar-refractivity contribution in [1.82, 2.24) is 5.32 Å². The van der Waals surface area contributed by atoms with Crippen LogP contribution in [0.25, 0.3) is 0 Å². The molecule has 98 valence electrons. The first-order valence-electron chi connectivity index (χ1n) is 6.68. The highest BCUT2D eigenvalue weighted by Crippen LogP contribution is 2.12. The fourth-order valence-corrected chi connectivity index (χ4v) is 2.30. The first kappa shape index (κ1) is 13.2. The molecule has 3 nitrogen and oxygen atoms in total. The van der Waals surface area contributed by atoms with Gasteiger partial charge in [0.25, 0.3) is 0 Å². The van der Waals surface area contributed by atoms with Crippen LogP contribution in [0.4, 0.5) is 0 Å². The molecule has 18 heavy (non-hydrogen) atoms. The number of Topliss-reactive ketones (excluding diaryl/α,β-unsaturated/α-hetero) is 1. The van der Waals surface area contributed by atoms with Gasteiger partial charge < -0.3 is 10.1 Å². The van der Waals surface area contributed by atoms with Crippen LogP contribution in [0.5, 0.6) is 0 Å². The molecule has 1 saturated heterocycles. The van der Waals surface area contributed by atoms with Gasteiger partial charge in [0, 0.05) is 12.0 Å². The van der Waals surface area contributed by atoms with E-state index >= 15 is 0 Å². The number of carbonyl (C=O) groups excluding carboxylic acids is 1. The second-order valence-electron chi connectivity index (χ2n) is 4.81. The molecule has 1 aliphatic rings. The molecule has 0 radical (unpaired) electrons. The lowest BCUT2D eigenvalue weighted by Crippen LogP contribution is -2.32. The molecule has 0 saturated carbocycles. The summed E-state index contributed by atoms with van der Waals surface area (Å²) in [5, 5.41) is 3.30. The smallest absolute Gasteiger partial charge is 0.165 e. The summed E-state index contributed by atoms with van der Waals surface area (Å²) in [6.45, 7) is 4.56. The van der Waals surface area contributed by atoms with Gasteiger partial charge in [-0.2, -0.15) is 0 Å². The summed E-state index contributed by atoms with van der Waals surface area (Å²) in [5.74, 6) is 0.182. The van der Waals surface area contributed by atoms with Gasteiger partial charge >= 0.3 is 0 Å². The molecule has 0 atom stereocenters. The minimum atomic E-state index is 0.182. The van der Waals surface area contributed by atoms with E-state index in [1.54, 1.807) is 0 Å². The Morgan fingerprint density at radius 2 is 2.06 bits per heavy atom. The number of benzene rings is 1. The summed E-state index contributed by atoms with van der Waals surface area (Å²) in [5.41, 5.74) is 1.87. The molecule has 0 unspecified atom stereocenters. The van der Waals surface area contributed by atoms with Gasteiger partial charge in [-0.3, -0.25) is 4.79 Å². The quantitative estimate of drug-likeness (QED) is 0.812. The van der Waals surface area contributed by atoms with Crippen molar-refractivity contribution in [3.05, 3.63) is 35.4 Å². The monoisotopic (exact) mass is 247 g/mol. The van der Waals surface area contributed by atoms with Crippen molar-refractivity contribution in [2.75, 3.05) is 19.7 Å². The van der Waals surface area contributed by atoms with Crippen LogP contribution in [0.1, 0.15) is 35.2 Å². The van der Waals surface area contributed by atoms with Crippen molar-refractivity contribution in [1.29, 1.82) is 0 Å². The van der Waals surface area contributed by atoms with Crippen molar-refractivity contribution in [2.24, 2.45) is 0 Å². The number of piperidine rings is 1. The van der Waals surface area contributed by atoms with E-state index in [1.807, 2.05) is 31.2 Å². The van der Waals surface area contributed by atoms with Crippen LogP contribution in [-0.2, 0) is 4.74 Å². The summed E-state index contributed by atoms with van der Waals surface area (Å²) in [4.78, 5) is 12.0. The van der Waals surface area contributed by atoms with E-state index in [9.17, 15) is 4.79 Å². The molecule has 0 bridgehead atoms. The highest BCUT2D eigenvalue weighted by Gasteiger charge is 2.14. The van der Waals surface area contributed by atoms with Crippen LogP contribution in [0.2, 0.25) is 0 Å². The van der Waals surface area contributed by atoms with Crippen molar-refractivity contribution < 1.29 is 9.53 Å². The highest BCUT2D eigenvalue weighted by molar-refractivity contribution is 5.97. The van der Waals surface area contributed by atoms with Crippen molar-refractivity contribution in [2.45, 2.75) is 32.3 Å². The molecule has 1 aromatic rings. The molecule has 0 spiro atoms. The first-order chi connectivity index (χ1) is 8.77. The zero-order valence-electron chi connectivity index (χ0n) is 10.9. The molecular weight excluding hydrogens is 226 g/mol. The zero-order valence-corrected chi connectivity index (χ0v) is 10.9. The number of rotatable bonds is 5. The molecule has 1 aliphatic heterocycles. The van der Waals surface area contributed by atoms with Gasteiger partial charge in [0.15, 0.2) is 5.78 Å². The number of aryl methyl sites for hydroxylation is 1. The summed E-state index contributed by atoms with van der Waals surface area (Å²) < 4.78 is 5.75. The van der Waals surface area contributed by atoms with Gasteiger partial charge in [-0.05, 0) is 38.4 Å². The van der Waals surface area contributed by atoms with E-state index in [4.69, 9.17) is 4.74 Å². The molecule has 3 heteroatoms. The molecule has 1 fully saturated rings. The lowest BCUT2D eigenvalue weighted by atomic mass is 10.0. The van der Waals surface area contributed by atoms with E-state index < -0.39 is 0 Å². The van der Waals surface area contributed by atoms with E-state index in [0.717, 1.165) is 37.1 Å². The van der Waals surface area contributed by atoms with E-state index in [-0.39, 0.29) is 5.78 Å². The second-order valence-corrected chi connectivity index (χ2v) is 4.81. The third-order valence-electron chi connectivity index (χ3n) is 3.41. The number of hydrogen-bond acceptors (Lipinski definition) is 3. The van der Waals surface area contributed by atoms with Crippen molar-refractivity contribution in [3.63, 3.8) is 0 Å². The molecule has 0 amide bonds. The number of nitrogens with one attached hydrogen (secondary N) is 1. The Kier molecular flexibility index (Phi) is 4.90. The number of ketones is 1. The largest absolute Gasteiger partial charge is 0.378 e. The average Bonchev–Trinajstić information content (AvgIpc) is 2.40. The SMILES string of the molecule is Cc1ccccc1C(=O)CCOC1CCNCC1. The van der Waals surface area contributed by atoms with Crippen LogP contribution in [0, 0.1) is 6.92 Å². The van der Waals surface area contributed by atoms with Crippen molar-refractivity contribution in [3.8, 4) is 0 Å². The number of ether oxygens (including phenoxy) is 1. The van der Waals surface area contributed by atoms with Gasteiger partial charge in [0.1, 0.15) is 0 Å². The van der Waals surface area contributed by atoms with Gasteiger partial charge in [-0.15, -0.1) is 0 Å². The molecule has 2 rings (SSSR count). The van der Waals surface area contributed by atoms with E-state index in [2.05, 4.69) is 5.32 Å². The molecular formula is C15H21NO2. The Hall–Kier alpha value is -1.19. The van der Waals surface area contributed by atoms with Gasteiger partial charge in [-0.25, -0.2) is 0 Å². The zero-order chi connectivity index (χ0) is 12.8. The standard InChI is InChI=1S/C15H21NO2/c1-12-4-2-3-5-14(12)15(17)8-11-18-13-6-9-16-10-7-13/h2-5,13,16H,6-11H2,1H3. The highest BCUT2D eigenvalue weighted by atomic mass is 16.5. The summed E-state index contributed by atoms with van der Waals surface area (Å²) in [6.07, 6.45) is 2.92. The van der Waals surface area contributed by atoms with E-state index in [1.165, 1.54) is 0 Å². The predicted octanol–water partition coefficient (Wildman–Crippen LogP) is 2.34. The Morgan fingerprint density at radius 1 is 1.33 bits per heavy atom. The van der Waals surface area contributed by atoms with E-state index in [0.29, 0.717) is 19.1 Å². The van der Waals surface area contributed by atoms with Crippen LogP contribution in [0.3, 0.4) is 0 Å². The Labute approximate surface area is 109 Å². The minimum Gasteiger partial charge on any atom is -0.378 e.